The van der Waals surface area contributed by atoms with Crippen molar-refractivity contribution in [3.05, 3.63) is 35.1 Å². The van der Waals surface area contributed by atoms with Gasteiger partial charge in [0.15, 0.2) is 0 Å². The van der Waals surface area contributed by atoms with Crippen molar-refractivity contribution >= 4 is 15.9 Å². The molecule has 1 aliphatic rings. The van der Waals surface area contributed by atoms with Gasteiger partial charge < -0.3 is 0 Å². The molecule has 1 aromatic rings. The van der Waals surface area contributed by atoms with Gasteiger partial charge in [-0.15, -0.1) is 0 Å². The number of amides is 1. The number of halogens is 1. The minimum atomic E-state index is -3.85. The van der Waals surface area contributed by atoms with E-state index in [4.69, 9.17) is 0 Å². The van der Waals surface area contributed by atoms with Crippen LogP contribution in [0, 0.1) is 5.82 Å². The summed E-state index contributed by atoms with van der Waals surface area (Å²) in [5, 5.41) is 0. The molecule has 0 radical (unpaired) electrons. The van der Waals surface area contributed by atoms with E-state index in [0.717, 1.165) is 18.4 Å². The Balaban J connectivity index is 2.27. The van der Waals surface area contributed by atoms with E-state index in [9.17, 15) is 17.6 Å². The summed E-state index contributed by atoms with van der Waals surface area (Å²) in [7, 11) is -3.85. The molecule has 0 unspecified atom stereocenters. The van der Waals surface area contributed by atoms with Gasteiger partial charge in [0.25, 0.3) is 5.91 Å². The molecule has 1 amide bonds. The molecule has 2 rings (SSSR count). The predicted octanol–water partition coefficient (Wildman–Crippen LogP) is 2.56. The number of carbonyl (C=O) groups is 1. The van der Waals surface area contributed by atoms with Crippen molar-refractivity contribution in [1.29, 1.82) is 0 Å². The zero-order valence-corrected chi connectivity index (χ0v) is 12.6. The van der Waals surface area contributed by atoms with Crippen LogP contribution in [-0.2, 0) is 10.0 Å². The lowest BCUT2D eigenvalue weighted by Crippen LogP contribution is -2.42. The topological polar surface area (TPSA) is 63.2 Å². The summed E-state index contributed by atoms with van der Waals surface area (Å²) in [5.41, 5.74) is 0.659. The molecule has 1 aromatic carbocycles. The third-order valence-electron chi connectivity index (χ3n) is 3.32. The number of hydrogen-bond acceptors (Lipinski definition) is 3. The lowest BCUT2D eigenvalue weighted by atomic mass is 10.1. The van der Waals surface area contributed by atoms with Gasteiger partial charge in [0.1, 0.15) is 5.82 Å². The fourth-order valence-corrected chi connectivity index (χ4v) is 2.38. The Morgan fingerprint density at radius 1 is 1.30 bits per heavy atom. The maximum Gasteiger partial charge on any atom is 0.267 e. The van der Waals surface area contributed by atoms with E-state index in [1.165, 1.54) is 32.9 Å². The Bertz CT molecular complexity index is 643. The van der Waals surface area contributed by atoms with Crippen molar-refractivity contribution in [2.24, 2.45) is 0 Å². The Labute approximate surface area is 118 Å². The van der Waals surface area contributed by atoms with Crippen LogP contribution in [0.5, 0.6) is 0 Å². The summed E-state index contributed by atoms with van der Waals surface area (Å²) >= 11 is 0. The minimum absolute atomic E-state index is 0.220. The molecule has 0 bridgehead atoms. The second-order valence-electron chi connectivity index (χ2n) is 6.06. The fourth-order valence-electron chi connectivity index (χ4n) is 1.72. The van der Waals surface area contributed by atoms with Crippen LogP contribution >= 0.6 is 0 Å². The van der Waals surface area contributed by atoms with Gasteiger partial charge in [0.05, 0.1) is 10.3 Å². The largest absolute Gasteiger partial charge is 0.268 e. The Hall–Kier alpha value is -1.43. The first-order chi connectivity index (χ1) is 9.12. The van der Waals surface area contributed by atoms with E-state index in [1.54, 1.807) is 6.07 Å². The van der Waals surface area contributed by atoms with Crippen LogP contribution in [0.2, 0.25) is 0 Å². The zero-order valence-electron chi connectivity index (χ0n) is 11.7. The highest BCUT2D eigenvalue weighted by atomic mass is 32.2. The normalized spacial score (nSPS) is 16.0. The average molecular weight is 299 g/mol. The van der Waals surface area contributed by atoms with Crippen LogP contribution in [0.4, 0.5) is 4.39 Å². The molecule has 110 valence electrons. The van der Waals surface area contributed by atoms with E-state index in [2.05, 4.69) is 0 Å². The highest BCUT2D eigenvalue weighted by Crippen LogP contribution is 2.40. The molecule has 0 aliphatic heterocycles. The average Bonchev–Trinajstić information content (AvgIpc) is 3.11. The van der Waals surface area contributed by atoms with E-state index in [1.807, 2.05) is 4.72 Å². The molecule has 0 aromatic heterocycles. The summed E-state index contributed by atoms with van der Waals surface area (Å²) in [6, 6.07) is 4.30. The van der Waals surface area contributed by atoms with Crippen LogP contribution in [0.1, 0.15) is 55.5 Å². The molecule has 1 aliphatic carbocycles. The van der Waals surface area contributed by atoms with Crippen molar-refractivity contribution in [2.75, 3.05) is 0 Å². The first-order valence-electron chi connectivity index (χ1n) is 6.48. The van der Waals surface area contributed by atoms with Crippen LogP contribution in [0.3, 0.4) is 0 Å². The summed E-state index contributed by atoms with van der Waals surface area (Å²) < 4.78 is 38.4. The second-order valence-corrected chi connectivity index (χ2v) is 8.50. The van der Waals surface area contributed by atoms with Gasteiger partial charge in [-0.05, 0) is 57.2 Å². The van der Waals surface area contributed by atoms with Gasteiger partial charge >= 0.3 is 0 Å². The monoisotopic (exact) mass is 299 g/mol. The summed E-state index contributed by atoms with van der Waals surface area (Å²) in [6.45, 7) is 4.42. The molecule has 1 saturated carbocycles. The number of rotatable bonds is 3. The third-order valence-corrected chi connectivity index (χ3v) is 5.38. The Morgan fingerprint density at radius 2 is 1.90 bits per heavy atom. The van der Waals surface area contributed by atoms with E-state index >= 15 is 0 Å². The van der Waals surface area contributed by atoms with Crippen molar-refractivity contribution in [2.45, 2.75) is 44.3 Å². The van der Waals surface area contributed by atoms with Gasteiger partial charge in [-0.3, -0.25) is 4.79 Å². The molecular formula is C14H18FNO3S. The number of hydrogen-bond donors (Lipinski definition) is 1. The van der Waals surface area contributed by atoms with Crippen molar-refractivity contribution in [1.82, 2.24) is 4.72 Å². The van der Waals surface area contributed by atoms with E-state index in [-0.39, 0.29) is 5.56 Å². The first-order valence-corrected chi connectivity index (χ1v) is 7.96. The molecule has 4 nitrogen and oxygen atoms in total. The molecule has 0 heterocycles. The highest BCUT2D eigenvalue weighted by Gasteiger charge is 2.32. The molecule has 6 heteroatoms. The maximum atomic E-state index is 13.7. The Kier molecular flexibility index (Phi) is 3.62. The molecule has 20 heavy (non-hydrogen) atoms. The van der Waals surface area contributed by atoms with E-state index < -0.39 is 26.5 Å². The zero-order chi connectivity index (χ0) is 15.1. The molecule has 0 spiro atoms. The van der Waals surface area contributed by atoms with Gasteiger partial charge in [0, 0.05) is 0 Å². The number of nitrogens with one attached hydrogen (secondary N) is 1. The lowest BCUT2D eigenvalue weighted by molar-refractivity contribution is 0.0976. The van der Waals surface area contributed by atoms with Gasteiger partial charge in [-0.1, -0.05) is 6.07 Å². The molecule has 0 atom stereocenters. The predicted molar refractivity (Wildman–Crippen MR) is 74.5 cm³/mol. The summed E-state index contributed by atoms with van der Waals surface area (Å²) in [4.78, 5) is 12.0. The maximum absolute atomic E-state index is 13.7. The number of benzene rings is 1. The molecule has 0 saturated heterocycles. The van der Waals surface area contributed by atoms with Crippen molar-refractivity contribution < 1.29 is 17.6 Å². The van der Waals surface area contributed by atoms with Gasteiger partial charge in [-0.2, -0.15) is 0 Å². The second kappa shape index (κ2) is 4.84. The van der Waals surface area contributed by atoms with Crippen molar-refractivity contribution in [3.8, 4) is 0 Å². The molecule has 1 fully saturated rings. The van der Waals surface area contributed by atoms with Crippen LogP contribution in [0.25, 0.3) is 0 Å². The van der Waals surface area contributed by atoms with Crippen LogP contribution in [-0.4, -0.2) is 19.1 Å². The SMILES string of the molecule is CC(C)(C)S(=O)(=O)NC(=O)c1cc(C2CC2)ccc1F. The van der Waals surface area contributed by atoms with Crippen LogP contribution in [0.15, 0.2) is 18.2 Å². The van der Waals surface area contributed by atoms with Gasteiger partial charge in [0.2, 0.25) is 10.0 Å². The fraction of sp³-hybridized carbons (Fsp3) is 0.500. The minimum Gasteiger partial charge on any atom is -0.268 e. The summed E-state index contributed by atoms with van der Waals surface area (Å²) in [5.74, 6) is -1.27. The van der Waals surface area contributed by atoms with Crippen molar-refractivity contribution in [3.63, 3.8) is 0 Å². The smallest absolute Gasteiger partial charge is 0.267 e. The molecular weight excluding hydrogens is 281 g/mol. The van der Waals surface area contributed by atoms with E-state index in [0.29, 0.717) is 5.92 Å². The standard InChI is InChI=1S/C14H18FNO3S/c1-14(2,3)20(18,19)16-13(17)11-8-10(9-4-5-9)6-7-12(11)15/h6-9H,4-5H2,1-3H3,(H,16,17). The lowest BCUT2D eigenvalue weighted by Gasteiger charge is -2.19. The van der Waals surface area contributed by atoms with Gasteiger partial charge in [-0.25, -0.2) is 17.5 Å². The first kappa shape index (κ1) is 15.0. The highest BCUT2D eigenvalue weighted by molar-refractivity contribution is 7.91. The summed E-state index contributed by atoms with van der Waals surface area (Å²) in [6.07, 6.45) is 2.04. The molecule has 1 N–H and O–H groups in total. The number of carbonyl (C=O) groups excluding carboxylic acids is 1. The Morgan fingerprint density at radius 3 is 2.40 bits per heavy atom. The quantitative estimate of drug-likeness (QED) is 0.933. The third kappa shape index (κ3) is 3.00. The number of sulfonamides is 1. The van der Waals surface area contributed by atoms with Crippen LogP contribution < -0.4 is 4.72 Å².